The summed E-state index contributed by atoms with van der Waals surface area (Å²) in [6.07, 6.45) is 4.50. The molecular formula is C16H25NO2. The predicted octanol–water partition coefficient (Wildman–Crippen LogP) is 2.55. The van der Waals surface area contributed by atoms with Crippen molar-refractivity contribution in [3.05, 3.63) is 29.3 Å². The molecule has 3 heteroatoms. The molecule has 1 atom stereocenters. The molecule has 0 saturated heterocycles. The first-order chi connectivity index (χ1) is 9.19. The first-order valence-electron chi connectivity index (χ1n) is 7.18. The summed E-state index contributed by atoms with van der Waals surface area (Å²) in [5.41, 5.74) is 8.37. The Balaban J connectivity index is 1.87. The van der Waals surface area contributed by atoms with Gasteiger partial charge in [-0.1, -0.05) is 12.1 Å². The SMILES string of the molecule is COc1ccc(CCOCC2CC2)cc1CC(C)N. The van der Waals surface area contributed by atoms with E-state index < -0.39 is 0 Å². The van der Waals surface area contributed by atoms with Gasteiger partial charge in [0.1, 0.15) is 5.75 Å². The number of ether oxygens (including phenoxy) is 2. The van der Waals surface area contributed by atoms with Crippen LogP contribution < -0.4 is 10.5 Å². The van der Waals surface area contributed by atoms with Crippen LogP contribution in [0.4, 0.5) is 0 Å². The Labute approximate surface area is 116 Å². The average Bonchev–Trinajstić information content (AvgIpc) is 3.18. The molecule has 0 heterocycles. The molecule has 2 rings (SSSR count). The van der Waals surface area contributed by atoms with E-state index in [0.29, 0.717) is 0 Å². The Hall–Kier alpha value is -1.06. The maximum absolute atomic E-state index is 5.88. The van der Waals surface area contributed by atoms with Gasteiger partial charge in [0.05, 0.1) is 13.7 Å². The smallest absolute Gasteiger partial charge is 0.122 e. The van der Waals surface area contributed by atoms with Crippen molar-refractivity contribution < 1.29 is 9.47 Å². The minimum Gasteiger partial charge on any atom is -0.496 e. The van der Waals surface area contributed by atoms with Gasteiger partial charge in [0.2, 0.25) is 0 Å². The summed E-state index contributed by atoms with van der Waals surface area (Å²) < 4.78 is 11.1. The zero-order valence-electron chi connectivity index (χ0n) is 12.0. The first-order valence-corrected chi connectivity index (χ1v) is 7.18. The highest BCUT2D eigenvalue weighted by Gasteiger charge is 2.20. The van der Waals surface area contributed by atoms with Gasteiger partial charge < -0.3 is 15.2 Å². The van der Waals surface area contributed by atoms with Crippen LogP contribution in [0.1, 0.15) is 30.9 Å². The van der Waals surface area contributed by atoms with Crippen LogP contribution in [-0.4, -0.2) is 26.4 Å². The number of methoxy groups -OCH3 is 1. The third-order valence-electron chi connectivity index (χ3n) is 3.47. The third kappa shape index (κ3) is 4.84. The minimum atomic E-state index is 0.148. The Morgan fingerprint density at radius 3 is 2.79 bits per heavy atom. The Morgan fingerprint density at radius 2 is 2.16 bits per heavy atom. The van der Waals surface area contributed by atoms with Crippen LogP contribution in [0.2, 0.25) is 0 Å². The van der Waals surface area contributed by atoms with Gasteiger partial charge in [-0.2, -0.15) is 0 Å². The summed E-state index contributed by atoms with van der Waals surface area (Å²) in [6.45, 7) is 3.76. The largest absolute Gasteiger partial charge is 0.496 e. The van der Waals surface area contributed by atoms with E-state index in [0.717, 1.165) is 37.7 Å². The van der Waals surface area contributed by atoms with E-state index in [2.05, 4.69) is 12.1 Å². The number of hydrogen-bond donors (Lipinski definition) is 1. The van der Waals surface area contributed by atoms with Gasteiger partial charge in [0.15, 0.2) is 0 Å². The van der Waals surface area contributed by atoms with Crippen LogP contribution in [0.3, 0.4) is 0 Å². The molecule has 2 N–H and O–H groups in total. The second-order valence-electron chi connectivity index (χ2n) is 5.60. The molecule has 1 aromatic rings. The molecule has 0 aliphatic heterocycles. The summed E-state index contributed by atoms with van der Waals surface area (Å²) in [4.78, 5) is 0. The lowest BCUT2D eigenvalue weighted by Gasteiger charge is -2.13. The molecule has 1 fully saturated rings. The molecule has 19 heavy (non-hydrogen) atoms. The van der Waals surface area contributed by atoms with E-state index in [1.54, 1.807) is 7.11 Å². The lowest BCUT2D eigenvalue weighted by molar-refractivity contribution is 0.127. The van der Waals surface area contributed by atoms with Gasteiger partial charge in [-0.05, 0) is 55.7 Å². The average molecular weight is 263 g/mol. The molecule has 1 aliphatic carbocycles. The first kappa shape index (κ1) is 14.4. The van der Waals surface area contributed by atoms with E-state index in [4.69, 9.17) is 15.2 Å². The molecule has 1 aromatic carbocycles. The third-order valence-corrected chi connectivity index (χ3v) is 3.47. The van der Waals surface area contributed by atoms with E-state index in [1.165, 1.54) is 24.0 Å². The highest BCUT2D eigenvalue weighted by atomic mass is 16.5. The fourth-order valence-corrected chi connectivity index (χ4v) is 2.22. The van der Waals surface area contributed by atoms with Crippen molar-refractivity contribution >= 4 is 0 Å². The number of hydrogen-bond acceptors (Lipinski definition) is 3. The van der Waals surface area contributed by atoms with Crippen LogP contribution in [0.5, 0.6) is 5.75 Å². The number of nitrogens with two attached hydrogens (primary N) is 1. The molecule has 0 amide bonds. The summed E-state index contributed by atoms with van der Waals surface area (Å²) in [6, 6.07) is 6.50. The van der Waals surface area contributed by atoms with Gasteiger partial charge in [-0.3, -0.25) is 0 Å². The van der Waals surface area contributed by atoms with Crippen molar-refractivity contribution in [2.75, 3.05) is 20.3 Å². The molecule has 1 saturated carbocycles. The molecule has 0 radical (unpaired) electrons. The van der Waals surface area contributed by atoms with E-state index in [-0.39, 0.29) is 6.04 Å². The molecule has 0 spiro atoms. The molecule has 0 bridgehead atoms. The number of benzene rings is 1. The van der Waals surface area contributed by atoms with Gasteiger partial charge >= 0.3 is 0 Å². The monoisotopic (exact) mass is 263 g/mol. The lowest BCUT2D eigenvalue weighted by Crippen LogP contribution is -2.18. The van der Waals surface area contributed by atoms with Crippen molar-refractivity contribution in [1.29, 1.82) is 0 Å². The molecule has 0 aromatic heterocycles. The Kier molecular flexibility index (Phi) is 5.23. The molecule has 106 valence electrons. The van der Waals surface area contributed by atoms with Crippen LogP contribution >= 0.6 is 0 Å². The second-order valence-corrected chi connectivity index (χ2v) is 5.60. The highest BCUT2D eigenvalue weighted by molar-refractivity contribution is 5.38. The summed E-state index contributed by atoms with van der Waals surface area (Å²) in [5, 5.41) is 0. The summed E-state index contributed by atoms with van der Waals surface area (Å²) in [5.74, 6) is 1.77. The van der Waals surface area contributed by atoms with Crippen molar-refractivity contribution in [2.24, 2.45) is 11.7 Å². The lowest BCUT2D eigenvalue weighted by atomic mass is 10.0. The summed E-state index contributed by atoms with van der Waals surface area (Å²) in [7, 11) is 1.71. The number of rotatable bonds is 8. The van der Waals surface area contributed by atoms with Crippen LogP contribution in [0.15, 0.2) is 18.2 Å². The van der Waals surface area contributed by atoms with E-state index >= 15 is 0 Å². The van der Waals surface area contributed by atoms with Crippen LogP contribution in [0, 0.1) is 5.92 Å². The predicted molar refractivity (Wildman–Crippen MR) is 77.6 cm³/mol. The molecular weight excluding hydrogens is 238 g/mol. The topological polar surface area (TPSA) is 44.5 Å². The van der Waals surface area contributed by atoms with Crippen LogP contribution in [0.25, 0.3) is 0 Å². The van der Waals surface area contributed by atoms with Gasteiger partial charge in [0, 0.05) is 12.6 Å². The fourth-order valence-electron chi connectivity index (χ4n) is 2.22. The van der Waals surface area contributed by atoms with Gasteiger partial charge in [-0.15, -0.1) is 0 Å². The Bertz CT molecular complexity index is 400. The molecule has 1 unspecified atom stereocenters. The fraction of sp³-hybridized carbons (Fsp3) is 0.625. The highest BCUT2D eigenvalue weighted by Crippen LogP contribution is 2.28. The van der Waals surface area contributed by atoms with Crippen molar-refractivity contribution in [3.63, 3.8) is 0 Å². The zero-order valence-corrected chi connectivity index (χ0v) is 12.0. The quantitative estimate of drug-likeness (QED) is 0.733. The van der Waals surface area contributed by atoms with Gasteiger partial charge in [0.25, 0.3) is 0 Å². The van der Waals surface area contributed by atoms with Crippen molar-refractivity contribution in [2.45, 2.75) is 38.6 Å². The van der Waals surface area contributed by atoms with Crippen molar-refractivity contribution in [3.8, 4) is 5.75 Å². The van der Waals surface area contributed by atoms with Gasteiger partial charge in [-0.25, -0.2) is 0 Å². The zero-order chi connectivity index (χ0) is 13.7. The summed E-state index contributed by atoms with van der Waals surface area (Å²) >= 11 is 0. The molecule has 3 nitrogen and oxygen atoms in total. The standard InChI is InChI=1S/C16H25NO2/c1-12(17)9-15-10-13(5-6-16(15)18-2)7-8-19-11-14-3-4-14/h5-6,10,12,14H,3-4,7-9,11,17H2,1-2H3. The van der Waals surface area contributed by atoms with E-state index in [1.807, 2.05) is 13.0 Å². The molecule has 1 aliphatic rings. The maximum atomic E-state index is 5.88. The minimum absolute atomic E-state index is 0.148. The maximum Gasteiger partial charge on any atom is 0.122 e. The van der Waals surface area contributed by atoms with Crippen molar-refractivity contribution in [1.82, 2.24) is 0 Å². The second kappa shape index (κ2) is 6.92. The Morgan fingerprint density at radius 1 is 1.37 bits per heavy atom. The van der Waals surface area contributed by atoms with E-state index in [9.17, 15) is 0 Å². The normalized spacial score (nSPS) is 16.4. The van der Waals surface area contributed by atoms with Crippen LogP contribution in [-0.2, 0) is 17.6 Å².